The van der Waals surface area contributed by atoms with E-state index in [1.54, 1.807) is 19.1 Å². The number of carbonyl (C=O) groups is 1. The van der Waals surface area contributed by atoms with E-state index in [4.69, 9.17) is 5.73 Å². The summed E-state index contributed by atoms with van der Waals surface area (Å²) in [6, 6.07) is 15.7. The Balaban J connectivity index is 2.35. The highest BCUT2D eigenvalue weighted by molar-refractivity contribution is 7.89. The number of Topliss-reactive ketones (excluding diaryl/α,β-unsaturated/α-hetero) is 1. The van der Waals surface area contributed by atoms with Gasteiger partial charge in [0.2, 0.25) is 10.0 Å². The first-order valence-corrected chi connectivity index (χ1v) is 9.80. The lowest BCUT2D eigenvalue weighted by molar-refractivity contribution is 0.0988. The zero-order valence-corrected chi connectivity index (χ0v) is 15.2. The Morgan fingerprint density at radius 3 is 2.44 bits per heavy atom. The molecule has 134 valence electrons. The summed E-state index contributed by atoms with van der Waals surface area (Å²) in [7, 11) is -3.71. The molecule has 2 rings (SSSR count). The molecule has 0 aromatic heterocycles. The summed E-state index contributed by atoms with van der Waals surface area (Å²) in [4.78, 5) is 12.0. The van der Waals surface area contributed by atoms with Crippen LogP contribution in [0.25, 0.3) is 0 Å². The van der Waals surface area contributed by atoms with Crippen molar-refractivity contribution >= 4 is 15.8 Å². The van der Waals surface area contributed by atoms with Crippen LogP contribution in [0.2, 0.25) is 0 Å². The van der Waals surface area contributed by atoms with Gasteiger partial charge in [-0.15, -0.1) is 0 Å². The second-order valence-corrected chi connectivity index (χ2v) is 7.71. The molecule has 0 saturated carbocycles. The lowest BCUT2D eigenvalue weighted by atomic mass is 10.1. The van der Waals surface area contributed by atoms with Gasteiger partial charge in [0.25, 0.3) is 0 Å². The molecule has 25 heavy (non-hydrogen) atoms. The van der Waals surface area contributed by atoms with E-state index >= 15 is 0 Å². The first-order valence-electron chi connectivity index (χ1n) is 8.36. The second kappa shape index (κ2) is 8.89. The van der Waals surface area contributed by atoms with Gasteiger partial charge < -0.3 is 5.73 Å². The Kier molecular flexibility index (Phi) is 6.87. The molecule has 0 saturated heterocycles. The molecule has 0 bridgehead atoms. The highest BCUT2D eigenvalue weighted by Gasteiger charge is 2.25. The van der Waals surface area contributed by atoms with Crippen molar-refractivity contribution in [3.05, 3.63) is 65.7 Å². The van der Waals surface area contributed by atoms with Gasteiger partial charge >= 0.3 is 0 Å². The van der Waals surface area contributed by atoms with Crippen molar-refractivity contribution in [2.75, 3.05) is 13.1 Å². The molecular weight excluding hydrogens is 336 g/mol. The molecule has 0 aliphatic carbocycles. The van der Waals surface area contributed by atoms with Gasteiger partial charge in [-0.3, -0.25) is 4.79 Å². The van der Waals surface area contributed by atoms with Gasteiger partial charge in [-0.2, -0.15) is 4.31 Å². The van der Waals surface area contributed by atoms with Crippen molar-refractivity contribution in [2.45, 2.75) is 31.2 Å². The maximum absolute atomic E-state index is 13.1. The average Bonchev–Trinajstić information content (AvgIpc) is 2.65. The molecule has 2 aromatic carbocycles. The summed E-state index contributed by atoms with van der Waals surface area (Å²) < 4.78 is 27.6. The number of benzene rings is 2. The van der Waals surface area contributed by atoms with Crippen LogP contribution < -0.4 is 5.73 Å². The van der Waals surface area contributed by atoms with Gasteiger partial charge in [0.1, 0.15) is 0 Å². The Bertz CT molecular complexity index is 804. The monoisotopic (exact) mass is 360 g/mol. The number of sulfonamides is 1. The van der Waals surface area contributed by atoms with Crippen LogP contribution in [0, 0.1) is 0 Å². The molecule has 0 radical (unpaired) electrons. The zero-order valence-electron chi connectivity index (χ0n) is 14.4. The molecule has 0 fully saturated rings. The van der Waals surface area contributed by atoms with E-state index in [-0.39, 0.29) is 17.2 Å². The normalized spacial score (nSPS) is 11.6. The number of carbonyl (C=O) groups excluding carboxylic acids is 1. The van der Waals surface area contributed by atoms with Crippen LogP contribution in [0.1, 0.15) is 35.7 Å². The average molecular weight is 360 g/mol. The Hall–Kier alpha value is -2.02. The summed E-state index contributed by atoms with van der Waals surface area (Å²) >= 11 is 0. The third-order valence-corrected chi connectivity index (χ3v) is 5.77. The number of ketones is 1. The topological polar surface area (TPSA) is 80.5 Å². The van der Waals surface area contributed by atoms with Crippen LogP contribution in [0.4, 0.5) is 0 Å². The molecule has 2 N–H and O–H groups in total. The van der Waals surface area contributed by atoms with E-state index in [1.807, 2.05) is 30.3 Å². The van der Waals surface area contributed by atoms with E-state index in [1.165, 1.54) is 16.4 Å². The quantitative estimate of drug-likeness (QED) is 0.697. The second-order valence-electron chi connectivity index (χ2n) is 5.77. The fraction of sp³-hybridized carbons (Fsp3) is 0.316. The lowest BCUT2D eigenvalue weighted by Crippen LogP contribution is -2.32. The standard InChI is InChI=1S/C19H24N2O3S/c1-2-19(22)17-10-6-11-18(14-17)25(23,24)21(13-7-12-20)15-16-8-4-3-5-9-16/h3-6,8-11,14H,2,7,12-13,15,20H2,1H3. The SMILES string of the molecule is CCC(=O)c1cccc(S(=O)(=O)N(CCCN)Cc2ccccc2)c1. The minimum atomic E-state index is -3.71. The van der Waals surface area contributed by atoms with Crippen LogP contribution in [-0.4, -0.2) is 31.6 Å². The van der Waals surface area contributed by atoms with Crippen molar-refractivity contribution in [1.29, 1.82) is 0 Å². The smallest absolute Gasteiger partial charge is 0.243 e. The van der Waals surface area contributed by atoms with Crippen molar-refractivity contribution in [3.8, 4) is 0 Å². The molecular formula is C19H24N2O3S. The maximum atomic E-state index is 13.1. The largest absolute Gasteiger partial charge is 0.330 e. The third kappa shape index (κ3) is 4.98. The Morgan fingerprint density at radius 1 is 1.08 bits per heavy atom. The number of hydrogen-bond acceptors (Lipinski definition) is 4. The van der Waals surface area contributed by atoms with Crippen LogP contribution in [0.15, 0.2) is 59.5 Å². The number of hydrogen-bond donors (Lipinski definition) is 1. The molecule has 0 spiro atoms. The molecule has 5 nitrogen and oxygen atoms in total. The summed E-state index contributed by atoms with van der Waals surface area (Å²) in [5, 5.41) is 0. The number of rotatable bonds is 9. The summed E-state index contributed by atoms with van der Waals surface area (Å²) in [6.07, 6.45) is 0.907. The Morgan fingerprint density at radius 2 is 1.80 bits per heavy atom. The summed E-state index contributed by atoms with van der Waals surface area (Å²) in [6.45, 7) is 2.77. The van der Waals surface area contributed by atoms with E-state index in [2.05, 4.69) is 0 Å². The molecule has 0 amide bonds. The fourth-order valence-corrected chi connectivity index (χ4v) is 4.04. The molecule has 0 heterocycles. The van der Waals surface area contributed by atoms with Crippen LogP contribution in [0.3, 0.4) is 0 Å². The highest BCUT2D eigenvalue weighted by Crippen LogP contribution is 2.20. The molecule has 0 aliphatic rings. The molecule has 2 aromatic rings. The van der Waals surface area contributed by atoms with Crippen LogP contribution >= 0.6 is 0 Å². The predicted molar refractivity (Wildman–Crippen MR) is 98.8 cm³/mol. The first kappa shape index (κ1) is 19.3. The number of nitrogens with two attached hydrogens (primary N) is 1. The van der Waals surface area contributed by atoms with E-state index in [0.29, 0.717) is 31.5 Å². The van der Waals surface area contributed by atoms with Gasteiger partial charge in [0.15, 0.2) is 5.78 Å². The molecule has 0 unspecified atom stereocenters. The van der Waals surface area contributed by atoms with Gasteiger partial charge in [-0.05, 0) is 30.7 Å². The predicted octanol–water partition coefficient (Wildman–Crippen LogP) is 2.82. The molecule has 6 heteroatoms. The van der Waals surface area contributed by atoms with Crippen molar-refractivity contribution in [1.82, 2.24) is 4.31 Å². The third-order valence-electron chi connectivity index (χ3n) is 3.93. The van der Waals surface area contributed by atoms with Gasteiger partial charge in [0, 0.05) is 25.1 Å². The summed E-state index contributed by atoms with van der Waals surface area (Å²) in [5.74, 6) is -0.0754. The minimum Gasteiger partial charge on any atom is -0.330 e. The summed E-state index contributed by atoms with van der Waals surface area (Å²) in [5.41, 5.74) is 6.89. The fourth-order valence-electron chi connectivity index (χ4n) is 2.52. The van der Waals surface area contributed by atoms with E-state index < -0.39 is 10.0 Å². The van der Waals surface area contributed by atoms with E-state index in [9.17, 15) is 13.2 Å². The first-order chi connectivity index (χ1) is 12.0. The van der Waals surface area contributed by atoms with Gasteiger partial charge in [-0.1, -0.05) is 49.4 Å². The Labute approximate surface area is 149 Å². The lowest BCUT2D eigenvalue weighted by Gasteiger charge is -2.22. The molecule has 0 aliphatic heterocycles. The maximum Gasteiger partial charge on any atom is 0.243 e. The zero-order chi connectivity index (χ0) is 18.3. The van der Waals surface area contributed by atoms with Crippen molar-refractivity contribution in [3.63, 3.8) is 0 Å². The minimum absolute atomic E-state index is 0.0754. The van der Waals surface area contributed by atoms with Gasteiger partial charge in [0.05, 0.1) is 4.90 Å². The van der Waals surface area contributed by atoms with Gasteiger partial charge in [-0.25, -0.2) is 8.42 Å². The van der Waals surface area contributed by atoms with Crippen LogP contribution in [-0.2, 0) is 16.6 Å². The van der Waals surface area contributed by atoms with E-state index in [0.717, 1.165) is 5.56 Å². The van der Waals surface area contributed by atoms with Crippen LogP contribution in [0.5, 0.6) is 0 Å². The molecule has 0 atom stereocenters. The van der Waals surface area contributed by atoms with Crippen molar-refractivity contribution < 1.29 is 13.2 Å². The number of nitrogens with zero attached hydrogens (tertiary/aromatic N) is 1. The van der Waals surface area contributed by atoms with Crippen molar-refractivity contribution in [2.24, 2.45) is 5.73 Å². The highest BCUT2D eigenvalue weighted by atomic mass is 32.2.